The quantitative estimate of drug-likeness (QED) is 0.286. The second kappa shape index (κ2) is 9.04. The summed E-state index contributed by atoms with van der Waals surface area (Å²) in [5.41, 5.74) is 6.03. The Labute approximate surface area is 179 Å². The Balaban J connectivity index is 1.64. The summed E-state index contributed by atoms with van der Waals surface area (Å²) in [5.74, 6) is -1.03. The highest BCUT2D eigenvalue weighted by atomic mass is 19.4. The fourth-order valence-corrected chi connectivity index (χ4v) is 2.89. The lowest BCUT2D eigenvalue weighted by Gasteiger charge is -2.16. The summed E-state index contributed by atoms with van der Waals surface area (Å²) < 4.78 is 56.2. The zero-order valence-corrected chi connectivity index (χ0v) is 16.6. The van der Waals surface area contributed by atoms with Crippen LogP contribution >= 0.6 is 0 Å². The lowest BCUT2D eigenvalue weighted by Crippen LogP contribution is -2.27. The van der Waals surface area contributed by atoms with Gasteiger partial charge in [0.15, 0.2) is 6.10 Å². The second-order valence-corrected chi connectivity index (χ2v) is 6.63. The van der Waals surface area contributed by atoms with E-state index in [2.05, 4.69) is 4.74 Å². The molecule has 0 radical (unpaired) electrons. The van der Waals surface area contributed by atoms with Crippen LogP contribution in [0, 0.1) is 5.41 Å². The lowest BCUT2D eigenvalue weighted by atomic mass is 10.1. The molecule has 1 atom stereocenters. The summed E-state index contributed by atoms with van der Waals surface area (Å²) in [7, 11) is 0. The topological polar surface area (TPSA) is 124 Å². The van der Waals surface area contributed by atoms with Crippen molar-refractivity contribution in [1.82, 2.24) is 0 Å². The molecule has 12 heteroatoms. The van der Waals surface area contributed by atoms with E-state index in [4.69, 9.17) is 25.4 Å². The molecule has 32 heavy (non-hydrogen) atoms. The van der Waals surface area contributed by atoms with E-state index in [0.29, 0.717) is 5.69 Å². The Morgan fingerprint density at radius 1 is 1.22 bits per heavy atom. The third-order valence-electron chi connectivity index (χ3n) is 4.19. The number of nitrogens with two attached hydrogens (primary N) is 1. The van der Waals surface area contributed by atoms with Crippen molar-refractivity contribution in [2.75, 3.05) is 18.1 Å². The van der Waals surface area contributed by atoms with E-state index in [1.807, 2.05) is 0 Å². The van der Waals surface area contributed by atoms with Gasteiger partial charge >= 0.3 is 18.4 Å². The number of halogens is 3. The van der Waals surface area contributed by atoms with Gasteiger partial charge in [0.05, 0.1) is 17.8 Å². The standard InChI is InChI=1S/C20H18F3N3O6/c1-11(27)30-17-8-12(2-7-16(17)18(24)25)26-9-15(31-19(26)28)10-29-13-3-5-14(6-4-13)32-20(21,22)23/h2-8,15H,9-10H2,1H3,(H3,24,25). The Morgan fingerprint density at radius 3 is 2.47 bits per heavy atom. The van der Waals surface area contributed by atoms with Gasteiger partial charge in [0, 0.05) is 13.0 Å². The highest BCUT2D eigenvalue weighted by Gasteiger charge is 2.34. The zero-order valence-electron chi connectivity index (χ0n) is 16.6. The molecule has 170 valence electrons. The number of ether oxygens (including phenoxy) is 4. The average molecular weight is 453 g/mol. The van der Waals surface area contributed by atoms with Gasteiger partial charge in [-0.25, -0.2) is 4.79 Å². The maximum Gasteiger partial charge on any atom is 0.573 e. The van der Waals surface area contributed by atoms with Gasteiger partial charge in [-0.05, 0) is 36.4 Å². The number of amides is 1. The number of hydrogen-bond donors (Lipinski definition) is 2. The van der Waals surface area contributed by atoms with Crippen LogP contribution in [0.1, 0.15) is 12.5 Å². The Hall–Kier alpha value is -3.96. The molecular weight excluding hydrogens is 435 g/mol. The molecule has 1 saturated heterocycles. The molecule has 2 aromatic rings. The van der Waals surface area contributed by atoms with Gasteiger partial charge < -0.3 is 24.7 Å². The van der Waals surface area contributed by atoms with Crippen molar-refractivity contribution in [3.8, 4) is 17.2 Å². The molecule has 1 aliphatic rings. The molecule has 9 nitrogen and oxygen atoms in total. The fourth-order valence-electron chi connectivity index (χ4n) is 2.89. The van der Waals surface area contributed by atoms with Crippen LogP contribution in [0.4, 0.5) is 23.7 Å². The molecule has 0 aromatic heterocycles. The third kappa shape index (κ3) is 5.80. The van der Waals surface area contributed by atoms with Gasteiger partial charge in [-0.1, -0.05) is 0 Å². The molecule has 2 aromatic carbocycles. The molecule has 0 spiro atoms. The Morgan fingerprint density at radius 2 is 1.88 bits per heavy atom. The first-order chi connectivity index (χ1) is 15.0. The number of cyclic esters (lactones) is 1. The number of amidine groups is 1. The van der Waals surface area contributed by atoms with Crippen LogP contribution in [-0.2, 0) is 9.53 Å². The maximum atomic E-state index is 12.3. The summed E-state index contributed by atoms with van der Waals surface area (Å²) in [4.78, 5) is 24.9. The predicted molar refractivity (Wildman–Crippen MR) is 105 cm³/mol. The molecule has 1 amide bonds. The minimum atomic E-state index is -4.79. The largest absolute Gasteiger partial charge is 0.573 e. The summed E-state index contributed by atoms with van der Waals surface area (Å²) >= 11 is 0. The van der Waals surface area contributed by atoms with Crippen LogP contribution in [0.3, 0.4) is 0 Å². The van der Waals surface area contributed by atoms with Gasteiger partial charge in [-0.15, -0.1) is 13.2 Å². The molecule has 0 bridgehead atoms. The number of nitrogens with zero attached hydrogens (tertiary/aromatic N) is 1. The number of nitrogens with one attached hydrogen (secondary N) is 1. The van der Waals surface area contributed by atoms with E-state index in [1.54, 1.807) is 0 Å². The molecular formula is C20H18F3N3O6. The van der Waals surface area contributed by atoms with E-state index in [-0.39, 0.29) is 41.8 Å². The highest BCUT2D eigenvalue weighted by molar-refractivity contribution is 5.99. The van der Waals surface area contributed by atoms with E-state index in [0.717, 1.165) is 12.1 Å². The molecule has 0 saturated carbocycles. The van der Waals surface area contributed by atoms with Gasteiger partial charge in [-0.2, -0.15) is 0 Å². The molecule has 1 heterocycles. The molecule has 1 unspecified atom stereocenters. The van der Waals surface area contributed by atoms with Crippen molar-refractivity contribution in [2.24, 2.45) is 5.73 Å². The van der Waals surface area contributed by atoms with Crippen LogP contribution in [0.2, 0.25) is 0 Å². The summed E-state index contributed by atoms with van der Waals surface area (Å²) in [6.45, 7) is 1.24. The number of alkyl halides is 3. The average Bonchev–Trinajstić information content (AvgIpc) is 3.06. The normalized spacial score (nSPS) is 15.8. The summed E-state index contributed by atoms with van der Waals surface area (Å²) in [5, 5.41) is 7.57. The fraction of sp³-hybridized carbons (Fsp3) is 0.250. The zero-order chi connectivity index (χ0) is 23.5. The maximum absolute atomic E-state index is 12.3. The van der Waals surface area contributed by atoms with Crippen LogP contribution < -0.4 is 24.8 Å². The minimum Gasteiger partial charge on any atom is -0.490 e. The molecule has 1 fully saturated rings. The van der Waals surface area contributed by atoms with Gasteiger partial charge in [0.25, 0.3) is 0 Å². The van der Waals surface area contributed by atoms with E-state index in [9.17, 15) is 22.8 Å². The van der Waals surface area contributed by atoms with Gasteiger partial charge in [-0.3, -0.25) is 15.1 Å². The molecule has 0 aliphatic carbocycles. The smallest absolute Gasteiger partial charge is 0.490 e. The summed E-state index contributed by atoms with van der Waals surface area (Å²) in [6.07, 6.45) is -6.13. The number of carbonyl (C=O) groups excluding carboxylic acids is 2. The van der Waals surface area contributed by atoms with Crippen LogP contribution in [0.25, 0.3) is 0 Å². The van der Waals surface area contributed by atoms with Gasteiger partial charge in [0.1, 0.15) is 29.7 Å². The number of hydrogen-bond acceptors (Lipinski definition) is 7. The number of esters is 1. The van der Waals surface area contributed by atoms with E-state index >= 15 is 0 Å². The van der Waals surface area contributed by atoms with E-state index in [1.165, 1.54) is 42.2 Å². The number of nitrogen functional groups attached to an aromatic ring is 1. The SMILES string of the molecule is CC(=O)Oc1cc(N2CC(COc3ccc(OC(F)(F)F)cc3)OC2=O)ccc1C(=N)N. The minimum absolute atomic E-state index is 0.0242. The Kier molecular flexibility index (Phi) is 6.42. The van der Waals surface area contributed by atoms with E-state index < -0.39 is 24.5 Å². The van der Waals surface area contributed by atoms with Crippen molar-refractivity contribution in [2.45, 2.75) is 19.4 Å². The van der Waals surface area contributed by atoms with Crippen LogP contribution in [0.15, 0.2) is 42.5 Å². The first-order valence-corrected chi connectivity index (χ1v) is 9.15. The first kappa shape index (κ1) is 22.7. The Bertz CT molecular complexity index is 1030. The first-order valence-electron chi connectivity index (χ1n) is 9.15. The third-order valence-corrected chi connectivity index (χ3v) is 4.19. The molecule has 1 aliphatic heterocycles. The number of carbonyl (C=O) groups is 2. The van der Waals surface area contributed by atoms with Crippen molar-refractivity contribution in [3.05, 3.63) is 48.0 Å². The predicted octanol–water partition coefficient (Wildman–Crippen LogP) is 3.20. The number of benzene rings is 2. The number of rotatable bonds is 7. The summed E-state index contributed by atoms with van der Waals surface area (Å²) in [6, 6.07) is 9.14. The second-order valence-electron chi connectivity index (χ2n) is 6.63. The van der Waals surface area contributed by atoms with Crippen molar-refractivity contribution in [1.29, 1.82) is 5.41 Å². The highest BCUT2D eigenvalue weighted by Crippen LogP contribution is 2.29. The van der Waals surface area contributed by atoms with Crippen molar-refractivity contribution in [3.63, 3.8) is 0 Å². The number of anilines is 1. The van der Waals surface area contributed by atoms with Crippen molar-refractivity contribution < 1.29 is 41.7 Å². The van der Waals surface area contributed by atoms with Crippen LogP contribution in [-0.4, -0.2) is 43.5 Å². The van der Waals surface area contributed by atoms with Crippen LogP contribution in [0.5, 0.6) is 17.2 Å². The molecule has 3 rings (SSSR count). The lowest BCUT2D eigenvalue weighted by molar-refractivity contribution is -0.274. The van der Waals surface area contributed by atoms with Crippen molar-refractivity contribution >= 4 is 23.6 Å². The van der Waals surface area contributed by atoms with Gasteiger partial charge in [0.2, 0.25) is 0 Å². The molecule has 3 N–H and O–H groups in total. The monoisotopic (exact) mass is 453 g/mol.